The van der Waals surface area contributed by atoms with Crippen LogP contribution in [0, 0.1) is 0 Å². The molecule has 0 unspecified atom stereocenters. The first-order valence-corrected chi connectivity index (χ1v) is 8.39. The van der Waals surface area contributed by atoms with Crippen molar-refractivity contribution >= 4 is 20.0 Å². The lowest BCUT2D eigenvalue weighted by Crippen LogP contribution is -2.09. The van der Waals surface area contributed by atoms with E-state index in [4.69, 9.17) is 9.66 Å². The van der Waals surface area contributed by atoms with Gasteiger partial charge in [-0.3, -0.25) is 4.55 Å². The van der Waals surface area contributed by atoms with Gasteiger partial charge in [0.05, 0.1) is 9.79 Å². The molecule has 2 aromatic carbocycles. The molecule has 0 aliphatic carbocycles. The van der Waals surface area contributed by atoms with Crippen LogP contribution in [-0.4, -0.2) is 31.6 Å². The minimum absolute atomic E-state index is 0.158. The minimum Gasteiger partial charge on any atom is -0.508 e. The molecule has 0 spiro atoms. The van der Waals surface area contributed by atoms with E-state index in [1.54, 1.807) is 0 Å². The van der Waals surface area contributed by atoms with Crippen LogP contribution in [0.15, 0.2) is 57.2 Å². The maximum absolute atomic E-state index is 12.4. The number of aromatic hydroxyl groups is 2. The fourth-order valence-corrected chi connectivity index (χ4v) is 4.23. The molecule has 2 aromatic rings. The van der Waals surface area contributed by atoms with E-state index in [2.05, 4.69) is 0 Å². The van der Waals surface area contributed by atoms with Crippen molar-refractivity contribution < 1.29 is 31.6 Å². The highest BCUT2D eigenvalue weighted by Gasteiger charge is 2.27. The molecule has 2 rings (SSSR count). The van der Waals surface area contributed by atoms with Crippen LogP contribution in [0.1, 0.15) is 0 Å². The van der Waals surface area contributed by atoms with Crippen LogP contribution in [0.3, 0.4) is 0 Å². The maximum atomic E-state index is 12.4. The summed E-state index contributed by atoms with van der Waals surface area (Å²) in [6.07, 6.45) is 0. The second kappa shape index (κ2) is 5.02. The van der Waals surface area contributed by atoms with E-state index in [0.29, 0.717) is 6.07 Å². The van der Waals surface area contributed by atoms with Gasteiger partial charge in [0.25, 0.3) is 10.1 Å². The van der Waals surface area contributed by atoms with Gasteiger partial charge in [-0.1, -0.05) is 0 Å². The van der Waals surface area contributed by atoms with Crippen molar-refractivity contribution in [2.45, 2.75) is 14.7 Å². The summed E-state index contributed by atoms with van der Waals surface area (Å²) in [6.45, 7) is 0. The molecule has 0 saturated heterocycles. The Hall–Kier alpha value is -2.10. The Labute approximate surface area is 120 Å². The van der Waals surface area contributed by atoms with E-state index in [-0.39, 0.29) is 10.6 Å². The summed E-state index contributed by atoms with van der Waals surface area (Å²) in [4.78, 5) is -1.86. The molecule has 21 heavy (non-hydrogen) atoms. The molecular formula is C12H10O7S2. The van der Waals surface area contributed by atoms with Gasteiger partial charge in [0, 0.05) is 6.07 Å². The molecule has 7 nitrogen and oxygen atoms in total. The predicted molar refractivity (Wildman–Crippen MR) is 71.5 cm³/mol. The van der Waals surface area contributed by atoms with Gasteiger partial charge in [0.1, 0.15) is 16.4 Å². The molecule has 0 fully saturated rings. The maximum Gasteiger partial charge on any atom is 0.295 e. The number of phenols is 2. The highest BCUT2D eigenvalue weighted by molar-refractivity contribution is 7.92. The van der Waals surface area contributed by atoms with Crippen LogP contribution < -0.4 is 0 Å². The molecule has 0 heterocycles. The molecule has 9 heteroatoms. The van der Waals surface area contributed by atoms with Crippen molar-refractivity contribution in [1.82, 2.24) is 0 Å². The highest BCUT2D eigenvalue weighted by Crippen LogP contribution is 2.30. The topological polar surface area (TPSA) is 129 Å². The number of hydrogen-bond donors (Lipinski definition) is 3. The van der Waals surface area contributed by atoms with Gasteiger partial charge >= 0.3 is 0 Å². The Morgan fingerprint density at radius 1 is 0.714 bits per heavy atom. The van der Waals surface area contributed by atoms with Gasteiger partial charge in [0.15, 0.2) is 0 Å². The van der Waals surface area contributed by atoms with Gasteiger partial charge in [-0.05, 0) is 36.4 Å². The molecule has 0 saturated carbocycles. The van der Waals surface area contributed by atoms with Crippen molar-refractivity contribution in [3.63, 3.8) is 0 Å². The van der Waals surface area contributed by atoms with E-state index in [1.807, 2.05) is 0 Å². The first kappa shape index (κ1) is 15.3. The van der Waals surface area contributed by atoms with Gasteiger partial charge in [0.2, 0.25) is 9.84 Å². The lowest BCUT2D eigenvalue weighted by atomic mass is 10.3. The van der Waals surface area contributed by atoms with Crippen molar-refractivity contribution in [1.29, 1.82) is 0 Å². The summed E-state index contributed by atoms with van der Waals surface area (Å²) in [5.74, 6) is -0.665. The number of sulfone groups is 1. The van der Waals surface area contributed by atoms with Gasteiger partial charge < -0.3 is 10.2 Å². The Morgan fingerprint density at radius 2 is 1.24 bits per heavy atom. The zero-order valence-corrected chi connectivity index (χ0v) is 12.0. The largest absolute Gasteiger partial charge is 0.508 e. The fourth-order valence-electron chi connectivity index (χ4n) is 1.67. The van der Waals surface area contributed by atoms with Crippen LogP contribution in [-0.2, 0) is 20.0 Å². The molecule has 112 valence electrons. The summed E-state index contributed by atoms with van der Waals surface area (Å²) in [7, 11) is -9.09. The van der Waals surface area contributed by atoms with Crippen molar-refractivity contribution in [2.24, 2.45) is 0 Å². The van der Waals surface area contributed by atoms with Crippen LogP contribution in [0.25, 0.3) is 0 Å². The normalized spacial score (nSPS) is 12.2. The van der Waals surface area contributed by atoms with Crippen LogP contribution in [0.4, 0.5) is 0 Å². The fraction of sp³-hybridized carbons (Fsp3) is 0. The Balaban J connectivity index is 2.74. The molecule has 3 N–H and O–H groups in total. The van der Waals surface area contributed by atoms with Crippen molar-refractivity contribution in [3.05, 3.63) is 42.5 Å². The van der Waals surface area contributed by atoms with Crippen molar-refractivity contribution in [3.8, 4) is 11.5 Å². The Morgan fingerprint density at radius 3 is 1.76 bits per heavy atom. The zero-order chi connectivity index (χ0) is 15.8. The van der Waals surface area contributed by atoms with Gasteiger partial charge in [-0.25, -0.2) is 8.42 Å². The van der Waals surface area contributed by atoms with E-state index in [9.17, 15) is 21.9 Å². The highest BCUT2D eigenvalue weighted by atomic mass is 32.2. The number of hydrogen-bond acceptors (Lipinski definition) is 6. The predicted octanol–water partition coefficient (Wildman–Crippen LogP) is 1.18. The Bertz CT molecular complexity index is 882. The van der Waals surface area contributed by atoms with E-state index in [0.717, 1.165) is 36.4 Å². The number of phenolic OH excluding ortho intramolecular Hbond substituents is 2. The second-order valence-electron chi connectivity index (χ2n) is 4.10. The molecule has 0 aliphatic rings. The third kappa shape index (κ3) is 2.99. The Kier molecular flexibility index (Phi) is 3.66. The van der Waals surface area contributed by atoms with Crippen LogP contribution >= 0.6 is 0 Å². The summed E-state index contributed by atoms with van der Waals surface area (Å²) in [5.41, 5.74) is 0. The van der Waals surface area contributed by atoms with E-state index < -0.39 is 35.5 Å². The molecule has 0 bridgehead atoms. The van der Waals surface area contributed by atoms with E-state index in [1.165, 1.54) is 0 Å². The summed E-state index contributed by atoms with van der Waals surface area (Å²) in [5, 5.41) is 18.4. The molecule has 0 aromatic heterocycles. The van der Waals surface area contributed by atoms with Crippen LogP contribution in [0.2, 0.25) is 0 Å². The second-order valence-corrected chi connectivity index (χ2v) is 7.41. The lowest BCUT2D eigenvalue weighted by molar-refractivity contribution is 0.463. The van der Waals surface area contributed by atoms with Gasteiger partial charge in [-0.2, -0.15) is 8.42 Å². The monoisotopic (exact) mass is 330 g/mol. The minimum atomic E-state index is -4.84. The first-order valence-electron chi connectivity index (χ1n) is 5.47. The lowest BCUT2D eigenvalue weighted by Gasteiger charge is -2.09. The number of rotatable bonds is 3. The molecule has 0 atom stereocenters. The zero-order valence-electron chi connectivity index (χ0n) is 10.3. The molecule has 0 radical (unpaired) electrons. The SMILES string of the molecule is O=S(=O)(O)c1cc(O)ccc1S(=O)(=O)c1ccc(O)cc1. The first-order chi connectivity index (χ1) is 9.62. The third-order valence-electron chi connectivity index (χ3n) is 2.64. The van der Waals surface area contributed by atoms with Gasteiger partial charge in [-0.15, -0.1) is 0 Å². The smallest absolute Gasteiger partial charge is 0.295 e. The van der Waals surface area contributed by atoms with Crippen molar-refractivity contribution in [2.75, 3.05) is 0 Å². The van der Waals surface area contributed by atoms with E-state index >= 15 is 0 Å². The molecule has 0 amide bonds. The average molecular weight is 330 g/mol. The quantitative estimate of drug-likeness (QED) is 0.720. The summed E-state index contributed by atoms with van der Waals surface area (Å²) >= 11 is 0. The van der Waals surface area contributed by atoms with Crippen LogP contribution in [0.5, 0.6) is 11.5 Å². The number of benzene rings is 2. The summed E-state index contributed by atoms with van der Waals surface area (Å²) in [6, 6.07) is 6.93. The molecular weight excluding hydrogens is 320 g/mol. The summed E-state index contributed by atoms with van der Waals surface area (Å²) < 4.78 is 56.4. The third-order valence-corrected chi connectivity index (χ3v) is 5.49. The molecule has 0 aliphatic heterocycles. The average Bonchev–Trinajstić information content (AvgIpc) is 2.38. The standard InChI is InChI=1S/C12H10O7S2/c13-8-1-4-10(5-2-8)20(15,16)11-6-3-9(14)7-12(11)21(17,18)19/h1-7,13-14H,(H,17,18,19).